The van der Waals surface area contributed by atoms with Gasteiger partial charge < -0.3 is 16.8 Å². The van der Waals surface area contributed by atoms with E-state index in [2.05, 4.69) is 20.5 Å². The van der Waals surface area contributed by atoms with Crippen molar-refractivity contribution in [3.63, 3.8) is 0 Å². The molecule has 1 aromatic heterocycles. The average Bonchev–Trinajstić information content (AvgIpc) is 2.91. The Morgan fingerprint density at radius 2 is 2.19 bits per heavy atom. The SMILES string of the molecule is CC(NC(N)=NCCCc1[nH]nc(N)c1C#N)c1ccc(Cl)cc1Cl.I. The molecule has 1 heterocycles. The third-order valence-electron chi connectivity index (χ3n) is 3.64. The number of aromatic nitrogens is 2. The van der Waals surface area contributed by atoms with Crippen LogP contribution in [0.4, 0.5) is 5.82 Å². The number of nitrogens with zero attached hydrogens (tertiary/aromatic N) is 3. The van der Waals surface area contributed by atoms with Gasteiger partial charge >= 0.3 is 0 Å². The smallest absolute Gasteiger partial charge is 0.189 e. The molecule has 2 aromatic rings. The molecule has 0 aliphatic carbocycles. The van der Waals surface area contributed by atoms with E-state index in [0.717, 1.165) is 5.56 Å². The monoisotopic (exact) mass is 507 g/mol. The van der Waals surface area contributed by atoms with Crippen LogP contribution in [-0.4, -0.2) is 22.7 Å². The highest BCUT2D eigenvalue weighted by molar-refractivity contribution is 14.0. The summed E-state index contributed by atoms with van der Waals surface area (Å²) in [6, 6.07) is 7.24. The van der Waals surface area contributed by atoms with Gasteiger partial charge in [0.1, 0.15) is 11.6 Å². The summed E-state index contributed by atoms with van der Waals surface area (Å²) in [6.07, 6.45) is 1.32. The number of H-pyrrole nitrogens is 1. The van der Waals surface area contributed by atoms with Crippen LogP contribution in [0.1, 0.15) is 36.2 Å². The predicted octanol–water partition coefficient (Wildman–Crippen LogP) is 3.39. The lowest BCUT2D eigenvalue weighted by molar-refractivity contribution is 0.704. The minimum absolute atomic E-state index is 0. The first-order valence-corrected chi connectivity index (χ1v) is 8.42. The molecule has 140 valence electrons. The van der Waals surface area contributed by atoms with Gasteiger partial charge in [0, 0.05) is 16.6 Å². The largest absolute Gasteiger partial charge is 0.381 e. The predicted molar refractivity (Wildman–Crippen MR) is 116 cm³/mol. The van der Waals surface area contributed by atoms with Gasteiger partial charge in [-0.2, -0.15) is 10.4 Å². The summed E-state index contributed by atoms with van der Waals surface area (Å²) in [7, 11) is 0. The van der Waals surface area contributed by atoms with Gasteiger partial charge in [-0.1, -0.05) is 29.3 Å². The zero-order valence-electron chi connectivity index (χ0n) is 14.1. The molecule has 0 spiro atoms. The van der Waals surface area contributed by atoms with Crippen LogP contribution in [0.5, 0.6) is 0 Å². The molecule has 7 nitrogen and oxygen atoms in total. The second-order valence-corrected chi connectivity index (χ2v) is 6.32. The first-order chi connectivity index (χ1) is 11.9. The zero-order chi connectivity index (χ0) is 18.4. The highest BCUT2D eigenvalue weighted by Crippen LogP contribution is 2.25. The standard InChI is InChI=1S/C16H19Cl2N7.HI/c1-9(11-5-4-10(17)7-13(11)18)23-16(21)22-6-2-3-14-12(8-19)15(20)25-24-14;/h4-5,7,9H,2-3,6H2,1H3,(H3,20,24,25)(H3,21,22,23);1H. The molecule has 1 atom stereocenters. The van der Waals surface area contributed by atoms with Crippen LogP contribution in [0.15, 0.2) is 23.2 Å². The van der Waals surface area contributed by atoms with E-state index >= 15 is 0 Å². The van der Waals surface area contributed by atoms with Gasteiger partial charge in [-0.25, -0.2) is 0 Å². The number of halogens is 3. The quantitative estimate of drug-likeness (QED) is 0.206. The second kappa shape index (κ2) is 10.4. The lowest BCUT2D eigenvalue weighted by Gasteiger charge is -2.16. The Kier molecular flexibility index (Phi) is 8.98. The highest BCUT2D eigenvalue weighted by atomic mass is 127. The van der Waals surface area contributed by atoms with E-state index in [1.165, 1.54) is 0 Å². The van der Waals surface area contributed by atoms with Crippen molar-refractivity contribution in [1.29, 1.82) is 5.26 Å². The third-order valence-corrected chi connectivity index (χ3v) is 4.20. The summed E-state index contributed by atoms with van der Waals surface area (Å²) in [5, 5.41) is 19.8. The molecule has 0 aliphatic heterocycles. The molecule has 0 saturated heterocycles. The molecule has 0 fully saturated rings. The fraction of sp³-hybridized carbons (Fsp3) is 0.312. The summed E-state index contributed by atoms with van der Waals surface area (Å²) in [5.74, 6) is 0.541. The van der Waals surface area contributed by atoms with Crippen LogP contribution < -0.4 is 16.8 Å². The van der Waals surface area contributed by atoms with E-state index in [4.69, 9.17) is 39.9 Å². The third kappa shape index (κ3) is 5.93. The molecule has 1 unspecified atom stereocenters. The molecule has 26 heavy (non-hydrogen) atoms. The number of rotatable bonds is 6. The second-order valence-electron chi connectivity index (χ2n) is 5.48. The minimum atomic E-state index is -0.105. The van der Waals surface area contributed by atoms with Crippen LogP contribution in [-0.2, 0) is 6.42 Å². The van der Waals surface area contributed by atoms with E-state index in [9.17, 15) is 0 Å². The van der Waals surface area contributed by atoms with Crippen molar-refractivity contribution in [3.05, 3.63) is 45.1 Å². The van der Waals surface area contributed by atoms with Crippen LogP contribution in [0.2, 0.25) is 10.0 Å². The average molecular weight is 508 g/mol. The first-order valence-electron chi connectivity index (χ1n) is 7.66. The molecule has 0 saturated carbocycles. The Balaban J connectivity index is 0.00000338. The lowest BCUT2D eigenvalue weighted by atomic mass is 10.1. The molecule has 0 radical (unpaired) electrons. The number of aromatic amines is 1. The van der Waals surface area contributed by atoms with Crippen molar-refractivity contribution in [3.8, 4) is 6.07 Å². The topological polar surface area (TPSA) is 129 Å². The maximum absolute atomic E-state index is 9.01. The lowest BCUT2D eigenvalue weighted by Crippen LogP contribution is -2.34. The fourth-order valence-corrected chi connectivity index (χ4v) is 2.93. The number of hydrogen-bond donors (Lipinski definition) is 4. The number of anilines is 1. The van der Waals surface area contributed by atoms with Gasteiger partial charge in [-0.3, -0.25) is 10.1 Å². The Hall–Kier alpha value is -1.70. The van der Waals surface area contributed by atoms with Crippen LogP contribution in [0.3, 0.4) is 0 Å². The molecule has 2 rings (SSSR count). The van der Waals surface area contributed by atoms with E-state index in [1.54, 1.807) is 12.1 Å². The van der Waals surface area contributed by atoms with Gasteiger partial charge in [0.15, 0.2) is 11.8 Å². The molecule has 1 aromatic carbocycles. The number of aliphatic imine (C=N–C) groups is 1. The van der Waals surface area contributed by atoms with Crippen LogP contribution in [0, 0.1) is 11.3 Å². The molecule has 0 amide bonds. The van der Waals surface area contributed by atoms with E-state index in [0.29, 0.717) is 46.6 Å². The molecule has 6 N–H and O–H groups in total. The Labute approximate surface area is 179 Å². The van der Waals surface area contributed by atoms with Gasteiger partial charge in [-0.15, -0.1) is 24.0 Å². The van der Waals surface area contributed by atoms with Crippen molar-refractivity contribution in [2.24, 2.45) is 10.7 Å². The first kappa shape index (κ1) is 22.3. The Morgan fingerprint density at radius 3 is 2.85 bits per heavy atom. The maximum atomic E-state index is 9.01. The van der Waals surface area contributed by atoms with Crippen molar-refractivity contribution < 1.29 is 0 Å². The number of hydrogen-bond acceptors (Lipinski definition) is 4. The number of nitrogens with two attached hydrogens (primary N) is 2. The fourth-order valence-electron chi connectivity index (χ4n) is 2.35. The van der Waals surface area contributed by atoms with Crippen LogP contribution >= 0.6 is 47.2 Å². The van der Waals surface area contributed by atoms with Crippen LogP contribution in [0.25, 0.3) is 0 Å². The number of nitrogens with one attached hydrogen (secondary N) is 2. The van der Waals surface area contributed by atoms with Gasteiger partial charge in [-0.05, 0) is 37.5 Å². The number of aryl methyl sites for hydroxylation is 1. The summed E-state index contributed by atoms with van der Waals surface area (Å²) < 4.78 is 0. The number of nitrogen functional groups attached to an aromatic ring is 1. The summed E-state index contributed by atoms with van der Waals surface area (Å²) in [5.41, 5.74) is 13.5. The van der Waals surface area contributed by atoms with Crippen molar-refractivity contribution >= 4 is 59.0 Å². The van der Waals surface area contributed by atoms with E-state index < -0.39 is 0 Å². The van der Waals surface area contributed by atoms with Gasteiger partial charge in [0.05, 0.1) is 11.7 Å². The minimum Gasteiger partial charge on any atom is -0.381 e. The van der Waals surface area contributed by atoms with Crippen molar-refractivity contribution in [1.82, 2.24) is 15.5 Å². The Bertz CT molecular complexity index is 813. The maximum Gasteiger partial charge on any atom is 0.189 e. The number of benzene rings is 1. The summed E-state index contributed by atoms with van der Waals surface area (Å²) >= 11 is 12.1. The summed E-state index contributed by atoms with van der Waals surface area (Å²) in [4.78, 5) is 4.28. The van der Waals surface area contributed by atoms with Crippen molar-refractivity contribution in [2.45, 2.75) is 25.8 Å². The Morgan fingerprint density at radius 1 is 1.46 bits per heavy atom. The number of nitriles is 1. The van der Waals surface area contributed by atoms with Crippen molar-refractivity contribution in [2.75, 3.05) is 12.3 Å². The van der Waals surface area contributed by atoms with Gasteiger partial charge in [0.2, 0.25) is 0 Å². The molecular weight excluding hydrogens is 488 g/mol. The van der Waals surface area contributed by atoms with Gasteiger partial charge in [0.25, 0.3) is 0 Å². The normalized spacial score (nSPS) is 12.2. The molecule has 0 bridgehead atoms. The zero-order valence-corrected chi connectivity index (χ0v) is 17.9. The highest BCUT2D eigenvalue weighted by Gasteiger charge is 2.11. The summed E-state index contributed by atoms with van der Waals surface area (Å²) in [6.45, 7) is 2.44. The van der Waals surface area contributed by atoms with E-state index in [1.807, 2.05) is 19.1 Å². The molecular formula is C16H20Cl2IN7. The van der Waals surface area contributed by atoms with E-state index in [-0.39, 0.29) is 35.8 Å². The molecule has 0 aliphatic rings. The molecule has 10 heteroatoms. The number of guanidine groups is 1.